The van der Waals surface area contributed by atoms with Gasteiger partial charge in [-0.15, -0.1) is 0 Å². The van der Waals surface area contributed by atoms with Crippen molar-refractivity contribution in [3.05, 3.63) is 69.8 Å². The van der Waals surface area contributed by atoms with Crippen molar-refractivity contribution in [3.8, 4) is 0 Å². The molecule has 0 spiro atoms. The Morgan fingerprint density at radius 3 is 2.22 bits per heavy atom. The van der Waals surface area contributed by atoms with Crippen LogP contribution in [0.5, 0.6) is 0 Å². The highest BCUT2D eigenvalue weighted by Crippen LogP contribution is 2.24. The number of anilines is 1. The van der Waals surface area contributed by atoms with Crippen LogP contribution in [0.25, 0.3) is 0 Å². The lowest BCUT2D eigenvalue weighted by atomic mass is 9.87. The lowest BCUT2D eigenvalue weighted by Crippen LogP contribution is -2.30. The standard InChI is InChI=1S/C20H22N2O5/c1-13(18(23)21-16-7-5-6-8-17(16)22(25)26)27-19(24)14-9-11-15(12-10-14)20(2,3)4/h5-13H,1-4H3,(H,21,23)/t13-/m0/s1. The second kappa shape index (κ2) is 7.99. The molecule has 7 heteroatoms. The van der Waals surface area contributed by atoms with E-state index in [1.165, 1.54) is 25.1 Å². The molecule has 0 saturated heterocycles. The summed E-state index contributed by atoms with van der Waals surface area (Å²) < 4.78 is 5.18. The number of para-hydroxylation sites is 2. The highest BCUT2D eigenvalue weighted by Gasteiger charge is 2.22. The number of benzene rings is 2. The average Bonchev–Trinajstić information content (AvgIpc) is 2.61. The van der Waals surface area contributed by atoms with Gasteiger partial charge >= 0.3 is 5.97 Å². The first-order valence-electron chi connectivity index (χ1n) is 8.45. The van der Waals surface area contributed by atoms with Crippen molar-refractivity contribution < 1.29 is 19.2 Å². The normalized spacial score (nSPS) is 12.1. The van der Waals surface area contributed by atoms with Crippen molar-refractivity contribution in [1.29, 1.82) is 0 Å². The molecule has 1 atom stereocenters. The topological polar surface area (TPSA) is 98.5 Å². The van der Waals surface area contributed by atoms with Gasteiger partial charge in [-0.25, -0.2) is 4.79 Å². The third-order valence-corrected chi connectivity index (χ3v) is 4.00. The molecule has 1 N–H and O–H groups in total. The predicted octanol–water partition coefficient (Wildman–Crippen LogP) is 4.08. The van der Waals surface area contributed by atoms with Crippen LogP contribution in [-0.2, 0) is 14.9 Å². The molecule has 7 nitrogen and oxygen atoms in total. The molecule has 0 unspecified atom stereocenters. The molecule has 0 bridgehead atoms. The minimum Gasteiger partial charge on any atom is -0.449 e. The molecule has 0 saturated carbocycles. The van der Waals surface area contributed by atoms with Crippen molar-refractivity contribution in [3.63, 3.8) is 0 Å². The number of hydrogen-bond donors (Lipinski definition) is 1. The summed E-state index contributed by atoms with van der Waals surface area (Å²) in [5.41, 5.74) is 1.17. The van der Waals surface area contributed by atoms with Gasteiger partial charge in [0.1, 0.15) is 5.69 Å². The minimum absolute atomic E-state index is 0.0417. The van der Waals surface area contributed by atoms with Crippen LogP contribution in [0, 0.1) is 10.1 Å². The van der Waals surface area contributed by atoms with E-state index < -0.39 is 22.9 Å². The molecule has 0 aliphatic heterocycles. The van der Waals surface area contributed by atoms with Crippen LogP contribution < -0.4 is 5.32 Å². The number of nitro benzene ring substituents is 1. The predicted molar refractivity (Wildman–Crippen MR) is 102 cm³/mol. The second-order valence-corrected chi connectivity index (χ2v) is 7.14. The largest absolute Gasteiger partial charge is 0.449 e. The zero-order valence-corrected chi connectivity index (χ0v) is 15.7. The van der Waals surface area contributed by atoms with Crippen molar-refractivity contribution in [2.75, 3.05) is 5.32 Å². The fraction of sp³-hybridized carbons (Fsp3) is 0.300. The monoisotopic (exact) mass is 370 g/mol. The zero-order valence-electron chi connectivity index (χ0n) is 15.7. The van der Waals surface area contributed by atoms with Crippen LogP contribution in [0.15, 0.2) is 48.5 Å². The van der Waals surface area contributed by atoms with E-state index in [9.17, 15) is 19.7 Å². The number of ether oxygens (including phenoxy) is 1. The molecule has 0 aliphatic carbocycles. The maximum Gasteiger partial charge on any atom is 0.338 e. The van der Waals surface area contributed by atoms with E-state index in [1.54, 1.807) is 18.2 Å². The summed E-state index contributed by atoms with van der Waals surface area (Å²) >= 11 is 0. The van der Waals surface area contributed by atoms with Crippen LogP contribution in [-0.4, -0.2) is 22.9 Å². The van der Waals surface area contributed by atoms with Gasteiger partial charge in [-0.2, -0.15) is 0 Å². The van der Waals surface area contributed by atoms with Crippen LogP contribution >= 0.6 is 0 Å². The average molecular weight is 370 g/mol. The molecule has 0 aromatic heterocycles. The Hall–Kier alpha value is -3.22. The van der Waals surface area contributed by atoms with E-state index in [0.29, 0.717) is 5.56 Å². The molecular formula is C20H22N2O5. The maximum absolute atomic E-state index is 12.2. The summed E-state index contributed by atoms with van der Waals surface area (Å²) in [7, 11) is 0. The maximum atomic E-state index is 12.2. The lowest BCUT2D eigenvalue weighted by molar-refractivity contribution is -0.383. The fourth-order valence-electron chi connectivity index (χ4n) is 2.36. The number of rotatable bonds is 5. The molecule has 142 valence electrons. The third-order valence-electron chi connectivity index (χ3n) is 4.00. The number of carbonyl (C=O) groups excluding carboxylic acids is 2. The number of amides is 1. The summed E-state index contributed by atoms with van der Waals surface area (Å²) in [6.45, 7) is 7.60. The Morgan fingerprint density at radius 1 is 1.07 bits per heavy atom. The number of esters is 1. The second-order valence-electron chi connectivity index (χ2n) is 7.14. The lowest BCUT2D eigenvalue weighted by Gasteiger charge is -2.19. The van der Waals surface area contributed by atoms with Crippen LogP contribution in [0.3, 0.4) is 0 Å². The Kier molecular flexibility index (Phi) is 5.95. The first-order chi connectivity index (χ1) is 12.6. The van der Waals surface area contributed by atoms with Gasteiger partial charge in [0.05, 0.1) is 10.5 Å². The van der Waals surface area contributed by atoms with E-state index in [1.807, 2.05) is 12.1 Å². The SMILES string of the molecule is C[C@H](OC(=O)c1ccc(C(C)(C)C)cc1)C(=O)Nc1ccccc1[N+](=O)[O-]. The van der Waals surface area contributed by atoms with Crippen molar-refractivity contribution in [2.45, 2.75) is 39.2 Å². The van der Waals surface area contributed by atoms with Gasteiger partial charge in [0.2, 0.25) is 0 Å². The Bertz CT molecular complexity index is 853. The number of hydrogen-bond acceptors (Lipinski definition) is 5. The molecule has 27 heavy (non-hydrogen) atoms. The van der Waals surface area contributed by atoms with Crippen molar-refractivity contribution in [2.24, 2.45) is 0 Å². The Labute approximate surface area is 157 Å². The molecule has 2 aromatic rings. The van der Waals surface area contributed by atoms with E-state index >= 15 is 0 Å². The minimum atomic E-state index is -1.11. The van der Waals surface area contributed by atoms with Crippen LogP contribution in [0.2, 0.25) is 0 Å². The van der Waals surface area contributed by atoms with Gasteiger partial charge in [0.15, 0.2) is 6.10 Å². The van der Waals surface area contributed by atoms with E-state index in [4.69, 9.17) is 4.74 Å². The molecule has 0 fully saturated rings. The fourth-order valence-corrected chi connectivity index (χ4v) is 2.36. The van der Waals surface area contributed by atoms with E-state index in [2.05, 4.69) is 26.1 Å². The summed E-state index contributed by atoms with van der Waals surface area (Å²) in [6, 6.07) is 12.7. The van der Waals surface area contributed by atoms with E-state index in [0.717, 1.165) is 5.56 Å². The summed E-state index contributed by atoms with van der Waals surface area (Å²) in [6.07, 6.45) is -1.11. The zero-order chi connectivity index (χ0) is 20.2. The number of nitro groups is 1. The molecular weight excluding hydrogens is 348 g/mol. The van der Waals surface area contributed by atoms with Gasteiger partial charge in [0.25, 0.3) is 11.6 Å². The number of carbonyl (C=O) groups is 2. The Balaban J connectivity index is 2.04. The van der Waals surface area contributed by atoms with Crippen molar-refractivity contribution >= 4 is 23.3 Å². The van der Waals surface area contributed by atoms with Crippen LogP contribution in [0.4, 0.5) is 11.4 Å². The Morgan fingerprint density at radius 2 is 1.67 bits per heavy atom. The summed E-state index contributed by atoms with van der Waals surface area (Å²) in [5.74, 6) is -1.29. The number of nitrogens with one attached hydrogen (secondary N) is 1. The van der Waals surface area contributed by atoms with Gasteiger partial charge in [-0.1, -0.05) is 45.0 Å². The molecule has 2 aromatic carbocycles. The summed E-state index contributed by atoms with van der Waals surface area (Å²) in [4.78, 5) is 34.9. The summed E-state index contributed by atoms with van der Waals surface area (Å²) in [5, 5.41) is 13.4. The van der Waals surface area contributed by atoms with Crippen LogP contribution in [0.1, 0.15) is 43.6 Å². The van der Waals surface area contributed by atoms with Gasteiger partial charge in [-0.3, -0.25) is 14.9 Å². The van der Waals surface area contributed by atoms with Crippen molar-refractivity contribution in [1.82, 2.24) is 0 Å². The smallest absolute Gasteiger partial charge is 0.338 e. The molecule has 0 aliphatic rings. The van der Waals surface area contributed by atoms with Gasteiger partial charge < -0.3 is 10.1 Å². The molecule has 2 rings (SSSR count). The van der Waals surface area contributed by atoms with Gasteiger partial charge in [-0.05, 0) is 36.1 Å². The first-order valence-corrected chi connectivity index (χ1v) is 8.45. The first kappa shape index (κ1) is 20.1. The third kappa shape index (κ3) is 5.13. The highest BCUT2D eigenvalue weighted by atomic mass is 16.6. The van der Waals surface area contributed by atoms with E-state index in [-0.39, 0.29) is 16.8 Å². The molecule has 0 heterocycles. The number of nitrogens with zero attached hydrogens (tertiary/aromatic N) is 1. The van der Waals surface area contributed by atoms with Gasteiger partial charge in [0, 0.05) is 6.07 Å². The highest BCUT2D eigenvalue weighted by molar-refractivity contribution is 5.98. The molecule has 1 amide bonds. The molecule has 0 radical (unpaired) electrons. The quantitative estimate of drug-likeness (QED) is 0.486.